The SMILES string of the molecule is CCCn1cc(-c2ccc(N)c(Cl)c2)c(C)n1. The summed E-state index contributed by atoms with van der Waals surface area (Å²) >= 11 is 6.03. The van der Waals surface area contributed by atoms with Gasteiger partial charge in [-0.2, -0.15) is 5.10 Å². The molecule has 2 N–H and O–H groups in total. The first-order valence-electron chi connectivity index (χ1n) is 5.71. The van der Waals surface area contributed by atoms with Gasteiger partial charge in [0.25, 0.3) is 0 Å². The Bertz CT molecular complexity index is 531. The van der Waals surface area contributed by atoms with Gasteiger partial charge in [-0.3, -0.25) is 4.68 Å². The van der Waals surface area contributed by atoms with Crippen LogP contribution in [0.15, 0.2) is 24.4 Å². The van der Waals surface area contributed by atoms with Crippen LogP contribution in [0.5, 0.6) is 0 Å². The van der Waals surface area contributed by atoms with Crippen LogP contribution in [0.3, 0.4) is 0 Å². The number of nitrogen functional groups attached to an aromatic ring is 1. The molecule has 0 amide bonds. The van der Waals surface area contributed by atoms with Crippen LogP contribution in [0, 0.1) is 6.92 Å². The number of aromatic nitrogens is 2. The fraction of sp³-hybridized carbons (Fsp3) is 0.308. The van der Waals surface area contributed by atoms with Crippen LogP contribution in [0.4, 0.5) is 5.69 Å². The molecule has 2 rings (SSSR count). The summed E-state index contributed by atoms with van der Waals surface area (Å²) in [5, 5.41) is 5.06. The van der Waals surface area contributed by atoms with Gasteiger partial charge in [0.2, 0.25) is 0 Å². The summed E-state index contributed by atoms with van der Waals surface area (Å²) in [5.74, 6) is 0. The Morgan fingerprint density at radius 1 is 1.41 bits per heavy atom. The normalized spacial score (nSPS) is 10.8. The molecule has 0 aliphatic rings. The molecule has 17 heavy (non-hydrogen) atoms. The Balaban J connectivity index is 2.41. The molecule has 4 heteroatoms. The molecule has 0 saturated heterocycles. The molecular weight excluding hydrogens is 234 g/mol. The molecule has 90 valence electrons. The van der Waals surface area contributed by atoms with Crippen LogP contribution >= 0.6 is 11.6 Å². The number of rotatable bonds is 3. The molecule has 2 aromatic rings. The second-order valence-corrected chi connectivity index (χ2v) is 4.53. The summed E-state index contributed by atoms with van der Waals surface area (Å²) in [5.41, 5.74) is 9.49. The second kappa shape index (κ2) is 4.80. The van der Waals surface area contributed by atoms with E-state index in [-0.39, 0.29) is 0 Å². The average Bonchev–Trinajstić information content (AvgIpc) is 2.64. The first-order valence-corrected chi connectivity index (χ1v) is 6.09. The van der Waals surface area contributed by atoms with Crippen LogP contribution in [0.1, 0.15) is 19.0 Å². The van der Waals surface area contributed by atoms with Crippen molar-refractivity contribution in [2.45, 2.75) is 26.8 Å². The molecule has 0 radical (unpaired) electrons. The maximum absolute atomic E-state index is 6.03. The number of benzene rings is 1. The molecule has 0 aliphatic carbocycles. The van der Waals surface area contributed by atoms with Crippen molar-refractivity contribution in [2.24, 2.45) is 0 Å². The lowest BCUT2D eigenvalue weighted by atomic mass is 10.1. The fourth-order valence-corrected chi connectivity index (χ4v) is 2.02. The van der Waals surface area contributed by atoms with E-state index in [1.165, 1.54) is 0 Å². The number of hydrogen-bond donors (Lipinski definition) is 1. The Kier molecular flexibility index (Phi) is 3.38. The molecule has 3 nitrogen and oxygen atoms in total. The third-order valence-corrected chi connectivity index (χ3v) is 3.04. The molecule has 1 aromatic heterocycles. The average molecular weight is 250 g/mol. The lowest BCUT2D eigenvalue weighted by molar-refractivity contribution is 0.598. The summed E-state index contributed by atoms with van der Waals surface area (Å²) in [6, 6.07) is 5.69. The zero-order valence-corrected chi connectivity index (χ0v) is 10.8. The number of nitrogens with two attached hydrogens (primary N) is 1. The minimum absolute atomic E-state index is 0.588. The van der Waals surface area contributed by atoms with Gasteiger partial charge in [-0.25, -0.2) is 0 Å². The van der Waals surface area contributed by atoms with E-state index in [1.54, 1.807) is 0 Å². The summed E-state index contributed by atoms with van der Waals surface area (Å²) in [7, 11) is 0. The molecule has 0 aliphatic heterocycles. The molecule has 1 aromatic carbocycles. The predicted molar refractivity (Wildman–Crippen MR) is 72.1 cm³/mol. The highest BCUT2D eigenvalue weighted by Crippen LogP contribution is 2.28. The highest BCUT2D eigenvalue weighted by Gasteiger charge is 2.08. The standard InChI is InChI=1S/C13H16ClN3/c1-3-6-17-8-11(9(2)16-17)10-4-5-13(15)12(14)7-10/h4-5,7-8H,3,6,15H2,1-2H3. The van der Waals surface area contributed by atoms with E-state index in [1.807, 2.05) is 29.8 Å². The van der Waals surface area contributed by atoms with Crippen molar-refractivity contribution in [1.82, 2.24) is 9.78 Å². The van der Waals surface area contributed by atoms with Gasteiger partial charge < -0.3 is 5.73 Å². The Labute approximate surface area is 106 Å². The maximum Gasteiger partial charge on any atom is 0.0672 e. The Morgan fingerprint density at radius 3 is 2.82 bits per heavy atom. The predicted octanol–water partition coefficient (Wildman–Crippen LogP) is 3.50. The van der Waals surface area contributed by atoms with Crippen LogP contribution in [0.25, 0.3) is 11.1 Å². The highest BCUT2D eigenvalue weighted by atomic mass is 35.5. The molecule has 0 unspecified atom stereocenters. The van der Waals surface area contributed by atoms with Crippen molar-refractivity contribution in [2.75, 3.05) is 5.73 Å². The number of nitrogens with zero attached hydrogens (tertiary/aromatic N) is 2. The highest BCUT2D eigenvalue weighted by molar-refractivity contribution is 6.33. The number of halogens is 1. The molecule has 0 fully saturated rings. The van der Waals surface area contributed by atoms with Gasteiger partial charge >= 0.3 is 0 Å². The van der Waals surface area contributed by atoms with Gasteiger partial charge in [-0.15, -0.1) is 0 Å². The van der Waals surface area contributed by atoms with Gasteiger partial charge in [-0.05, 0) is 31.0 Å². The largest absolute Gasteiger partial charge is 0.398 e. The van der Waals surface area contributed by atoms with Crippen molar-refractivity contribution in [3.63, 3.8) is 0 Å². The monoisotopic (exact) mass is 249 g/mol. The summed E-state index contributed by atoms with van der Waals surface area (Å²) < 4.78 is 1.97. The zero-order valence-electron chi connectivity index (χ0n) is 10.1. The molecule has 0 saturated carbocycles. The Morgan fingerprint density at radius 2 is 2.18 bits per heavy atom. The second-order valence-electron chi connectivity index (χ2n) is 4.13. The van der Waals surface area contributed by atoms with E-state index in [0.29, 0.717) is 10.7 Å². The summed E-state index contributed by atoms with van der Waals surface area (Å²) in [6.45, 7) is 5.08. The quantitative estimate of drug-likeness (QED) is 0.846. The molecular formula is C13H16ClN3. The number of hydrogen-bond acceptors (Lipinski definition) is 2. The van der Waals surface area contributed by atoms with Crippen LogP contribution in [-0.2, 0) is 6.54 Å². The van der Waals surface area contributed by atoms with Gasteiger partial charge in [0.15, 0.2) is 0 Å². The summed E-state index contributed by atoms with van der Waals surface area (Å²) in [6.07, 6.45) is 3.13. The third kappa shape index (κ3) is 2.44. The lowest BCUT2D eigenvalue weighted by Gasteiger charge is -2.02. The Hall–Kier alpha value is -1.48. The molecule has 0 spiro atoms. The van der Waals surface area contributed by atoms with E-state index < -0.39 is 0 Å². The lowest BCUT2D eigenvalue weighted by Crippen LogP contribution is -1.96. The van der Waals surface area contributed by atoms with Gasteiger partial charge in [0.1, 0.15) is 0 Å². The molecule has 1 heterocycles. The topological polar surface area (TPSA) is 43.8 Å². The van der Waals surface area contributed by atoms with Crippen molar-refractivity contribution < 1.29 is 0 Å². The van der Waals surface area contributed by atoms with Crippen LogP contribution < -0.4 is 5.73 Å². The van der Waals surface area contributed by atoms with Gasteiger partial charge in [-0.1, -0.05) is 24.6 Å². The molecule has 0 atom stereocenters. The van der Waals surface area contributed by atoms with E-state index in [0.717, 1.165) is 29.8 Å². The van der Waals surface area contributed by atoms with Crippen molar-refractivity contribution in [3.05, 3.63) is 35.1 Å². The number of aryl methyl sites for hydroxylation is 2. The number of anilines is 1. The van der Waals surface area contributed by atoms with Gasteiger partial charge in [0, 0.05) is 18.3 Å². The fourth-order valence-electron chi connectivity index (χ4n) is 1.84. The minimum Gasteiger partial charge on any atom is -0.398 e. The van der Waals surface area contributed by atoms with E-state index in [4.69, 9.17) is 17.3 Å². The summed E-state index contributed by atoms with van der Waals surface area (Å²) in [4.78, 5) is 0. The van der Waals surface area contributed by atoms with Crippen LogP contribution in [0.2, 0.25) is 5.02 Å². The zero-order chi connectivity index (χ0) is 12.4. The smallest absolute Gasteiger partial charge is 0.0672 e. The molecule has 0 bridgehead atoms. The van der Waals surface area contributed by atoms with Crippen molar-refractivity contribution in [1.29, 1.82) is 0 Å². The van der Waals surface area contributed by atoms with E-state index in [9.17, 15) is 0 Å². The van der Waals surface area contributed by atoms with Crippen molar-refractivity contribution >= 4 is 17.3 Å². The van der Waals surface area contributed by atoms with E-state index in [2.05, 4.69) is 18.2 Å². The minimum atomic E-state index is 0.588. The first kappa shape index (κ1) is 12.0. The first-order chi connectivity index (χ1) is 8.11. The van der Waals surface area contributed by atoms with E-state index >= 15 is 0 Å². The third-order valence-electron chi connectivity index (χ3n) is 2.71. The maximum atomic E-state index is 6.03. The van der Waals surface area contributed by atoms with Crippen molar-refractivity contribution in [3.8, 4) is 11.1 Å². The van der Waals surface area contributed by atoms with Gasteiger partial charge in [0.05, 0.1) is 16.4 Å². The van der Waals surface area contributed by atoms with Crippen LogP contribution in [-0.4, -0.2) is 9.78 Å².